The van der Waals surface area contributed by atoms with Crippen LogP contribution in [-0.4, -0.2) is 43.9 Å². The highest BCUT2D eigenvalue weighted by atomic mass is 16.5. The number of nitrogens with two attached hydrogens (primary N) is 1. The molecule has 0 amide bonds. The van der Waals surface area contributed by atoms with E-state index < -0.39 is 0 Å². The van der Waals surface area contributed by atoms with Crippen LogP contribution in [0.4, 0.5) is 0 Å². The number of ether oxygens (including phenoxy) is 2. The summed E-state index contributed by atoms with van der Waals surface area (Å²) in [6.45, 7) is 8.33. The molecule has 2 unspecified atom stereocenters. The molecule has 2 aliphatic heterocycles. The van der Waals surface area contributed by atoms with Gasteiger partial charge in [0.2, 0.25) is 0 Å². The van der Waals surface area contributed by atoms with Crippen LogP contribution < -0.4 is 10.5 Å². The summed E-state index contributed by atoms with van der Waals surface area (Å²) < 4.78 is 11.3. The lowest BCUT2D eigenvalue weighted by Crippen LogP contribution is -2.50. The highest BCUT2D eigenvalue weighted by Crippen LogP contribution is 2.38. The first-order valence-corrected chi connectivity index (χ1v) is 6.98. The molecule has 4 nitrogen and oxygen atoms in total. The van der Waals surface area contributed by atoms with Crippen molar-refractivity contribution in [2.45, 2.75) is 25.9 Å². The van der Waals surface area contributed by atoms with Crippen LogP contribution in [-0.2, 0) is 4.74 Å². The van der Waals surface area contributed by atoms with Crippen molar-refractivity contribution in [2.75, 3.05) is 32.9 Å². The third-order valence-electron chi connectivity index (χ3n) is 4.03. The van der Waals surface area contributed by atoms with Crippen molar-refractivity contribution >= 4 is 0 Å². The van der Waals surface area contributed by atoms with Gasteiger partial charge in [-0.15, -0.1) is 0 Å². The summed E-state index contributed by atoms with van der Waals surface area (Å²) >= 11 is 0. The van der Waals surface area contributed by atoms with Gasteiger partial charge < -0.3 is 15.2 Å². The minimum atomic E-state index is 0.0341. The largest absolute Gasteiger partial charge is 0.491 e. The Morgan fingerprint density at radius 1 is 1.21 bits per heavy atom. The van der Waals surface area contributed by atoms with Gasteiger partial charge >= 0.3 is 0 Å². The fraction of sp³-hybridized carbons (Fsp3) is 0.600. The van der Waals surface area contributed by atoms with Gasteiger partial charge in [-0.25, -0.2) is 0 Å². The Balaban J connectivity index is 2.00. The summed E-state index contributed by atoms with van der Waals surface area (Å²) in [6.07, 6.45) is 0. The van der Waals surface area contributed by atoms with E-state index in [0.29, 0.717) is 6.61 Å². The van der Waals surface area contributed by atoms with Gasteiger partial charge in [-0.3, -0.25) is 4.90 Å². The van der Waals surface area contributed by atoms with Gasteiger partial charge in [0.1, 0.15) is 12.4 Å². The minimum Gasteiger partial charge on any atom is -0.491 e. The van der Waals surface area contributed by atoms with Crippen molar-refractivity contribution in [3.8, 4) is 5.75 Å². The van der Waals surface area contributed by atoms with Crippen LogP contribution in [0.1, 0.15) is 22.7 Å². The summed E-state index contributed by atoms with van der Waals surface area (Å²) in [7, 11) is 0. The molecule has 2 N–H and O–H groups in total. The molecule has 0 aromatic heterocycles. The molecule has 19 heavy (non-hydrogen) atoms. The predicted octanol–water partition coefficient (Wildman–Crippen LogP) is 1.40. The highest BCUT2D eigenvalue weighted by molar-refractivity contribution is 5.47. The van der Waals surface area contributed by atoms with E-state index in [9.17, 15) is 0 Å². The molecule has 1 aromatic carbocycles. The SMILES string of the molecule is Cc1cc(C)c2c(c1)C(N1CCOCC1)C(N)CO2. The van der Waals surface area contributed by atoms with Crippen LogP contribution in [0.15, 0.2) is 12.1 Å². The second-order valence-corrected chi connectivity index (χ2v) is 5.57. The normalized spacial score (nSPS) is 27.7. The molecule has 0 bridgehead atoms. The van der Waals surface area contributed by atoms with Gasteiger partial charge in [-0.2, -0.15) is 0 Å². The van der Waals surface area contributed by atoms with E-state index in [4.69, 9.17) is 15.2 Å². The number of rotatable bonds is 1. The molecule has 0 aliphatic carbocycles. The Labute approximate surface area is 114 Å². The zero-order chi connectivity index (χ0) is 13.4. The second kappa shape index (κ2) is 5.12. The fourth-order valence-electron chi connectivity index (χ4n) is 3.23. The maximum Gasteiger partial charge on any atom is 0.127 e. The first-order valence-electron chi connectivity index (χ1n) is 6.98. The lowest BCUT2D eigenvalue weighted by atomic mass is 9.91. The molecule has 3 rings (SSSR count). The Morgan fingerprint density at radius 2 is 1.95 bits per heavy atom. The standard InChI is InChI=1S/C15H22N2O2/c1-10-7-11(2)15-12(8-10)14(13(16)9-19-15)17-3-5-18-6-4-17/h7-8,13-14H,3-6,9,16H2,1-2H3. The quantitative estimate of drug-likeness (QED) is 0.831. The Kier molecular flexibility index (Phi) is 3.48. The van der Waals surface area contributed by atoms with Gasteiger partial charge in [0, 0.05) is 18.7 Å². The summed E-state index contributed by atoms with van der Waals surface area (Å²) in [5.41, 5.74) is 10.0. The maximum atomic E-state index is 6.32. The van der Waals surface area contributed by atoms with Crippen molar-refractivity contribution in [3.63, 3.8) is 0 Å². The van der Waals surface area contributed by atoms with Crippen molar-refractivity contribution in [1.29, 1.82) is 0 Å². The van der Waals surface area contributed by atoms with Gasteiger partial charge in [0.15, 0.2) is 0 Å². The number of hydrogen-bond acceptors (Lipinski definition) is 4. The average Bonchev–Trinajstić information content (AvgIpc) is 2.39. The van der Waals surface area contributed by atoms with E-state index in [1.165, 1.54) is 16.7 Å². The number of benzene rings is 1. The number of hydrogen-bond donors (Lipinski definition) is 1. The van der Waals surface area contributed by atoms with E-state index in [0.717, 1.165) is 32.1 Å². The van der Waals surface area contributed by atoms with Crippen LogP contribution in [0.3, 0.4) is 0 Å². The molecular formula is C15H22N2O2. The minimum absolute atomic E-state index is 0.0341. The maximum absolute atomic E-state index is 6.32. The van der Waals surface area contributed by atoms with E-state index in [2.05, 4.69) is 30.9 Å². The lowest BCUT2D eigenvalue weighted by Gasteiger charge is -2.41. The first kappa shape index (κ1) is 12.9. The number of aryl methyl sites for hydroxylation is 2. The van der Waals surface area contributed by atoms with E-state index in [1.807, 2.05) is 0 Å². The third kappa shape index (κ3) is 2.36. The topological polar surface area (TPSA) is 47.7 Å². The number of nitrogens with zero attached hydrogens (tertiary/aromatic N) is 1. The molecule has 2 aliphatic rings. The second-order valence-electron chi connectivity index (χ2n) is 5.57. The summed E-state index contributed by atoms with van der Waals surface area (Å²) in [4.78, 5) is 2.44. The average molecular weight is 262 g/mol. The van der Waals surface area contributed by atoms with Crippen molar-refractivity contribution < 1.29 is 9.47 Å². The number of morpholine rings is 1. The van der Waals surface area contributed by atoms with Crippen LogP contribution >= 0.6 is 0 Å². The van der Waals surface area contributed by atoms with E-state index in [-0.39, 0.29) is 12.1 Å². The van der Waals surface area contributed by atoms with Crippen molar-refractivity contribution in [2.24, 2.45) is 5.73 Å². The van der Waals surface area contributed by atoms with Gasteiger partial charge in [0.05, 0.1) is 25.3 Å². The molecule has 1 aromatic rings. The van der Waals surface area contributed by atoms with Gasteiger partial charge in [-0.1, -0.05) is 17.7 Å². The lowest BCUT2D eigenvalue weighted by molar-refractivity contribution is 0.00132. The van der Waals surface area contributed by atoms with E-state index in [1.54, 1.807) is 0 Å². The predicted molar refractivity (Wildman–Crippen MR) is 74.5 cm³/mol. The number of fused-ring (bicyclic) bond motifs is 1. The Bertz CT molecular complexity index is 469. The smallest absolute Gasteiger partial charge is 0.127 e. The van der Waals surface area contributed by atoms with Crippen molar-refractivity contribution in [3.05, 3.63) is 28.8 Å². The molecular weight excluding hydrogens is 240 g/mol. The van der Waals surface area contributed by atoms with Crippen LogP contribution in [0.25, 0.3) is 0 Å². The molecule has 2 atom stereocenters. The third-order valence-corrected chi connectivity index (χ3v) is 4.03. The van der Waals surface area contributed by atoms with Crippen LogP contribution in [0, 0.1) is 13.8 Å². The molecule has 0 saturated carbocycles. The van der Waals surface area contributed by atoms with E-state index >= 15 is 0 Å². The van der Waals surface area contributed by atoms with Crippen LogP contribution in [0.2, 0.25) is 0 Å². The summed E-state index contributed by atoms with van der Waals surface area (Å²) in [6, 6.07) is 4.69. The molecule has 2 heterocycles. The van der Waals surface area contributed by atoms with Crippen molar-refractivity contribution in [1.82, 2.24) is 4.90 Å². The first-order chi connectivity index (χ1) is 9.16. The Hall–Kier alpha value is -1.10. The summed E-state index contributed by atoms with van der Waals surface area (Å²) in [5, 5.41) is 0. The Morgan fingerprint density at radius 3 is 2.68 bits per heavy atom. The zero-order valence-electron chi connectivity index (χ0n) is 11.7. The van der Waals surface area contributed by atoms with Gasteiger partial charge in [-0.05, 0) is 19.4 Å². The molecule has 1 saturated heterocycles. The fourth-order valence-corrected chi connectivity index (χ4v) is 3.23. The molecule has 0 spiro atoms. The molecule has 0 radical (unpaired) electrons. The molecule has 4 heteroatoms. The highest BCUT2D eigenvalue weighted by Gasteiger charge is 2.34. The molecule has 104 valence electrons. The zero-order valence-corrected chi connectivity index (χ0v) is 11.7. The van der Waals surface area contributed by atoms with Gasteiger partial charge in [0.25, 0.3) is 0 Å². The summed E-state index contributed by atoms with van der Waals surface area (Å²) in [5.74, 6) is 1.03. The monoisotopic (exact) mass is 262 g/mol. The molecule has 1 fully saturated rings. The van der Waals surface area contributed by atoms with Crippen LogP contribution in [0.5, 0.6) is 5.75 Å².